The number of ether oxygens (including phenoxy) is 1. The zero-order valence-electron chi connectivity index (χ0n) is 12.0. The molecule has 2 aromatic carbocycles. The van der Waals surface area contributed by atoms with Gasteiger partial charge in [-0.15, -0.1) is 0 Å². The van der Waals surface area contributed by atoms with Gasteiger partial charge in [0.25, 0.3) is 10.0 Å². The van der Waals surface area contributed by atoms with Crippen LogP contribution in [0.2, 0.25) is 0 Å². The van der Waals surface area contributed by atoms with E-state index in [9.17, 15) is 12.8 Å². The van der Waals surface area contributed by atoms with Crippen molar-refractivity contribution in [2.75, 3.05) is 11.8 Å². The van der Waals surface area contributed by atoms with Gasteiger partial charge in [0.1, 0.15) is 11.6 Å². The van der Waals surface area contributed by atoms with E-state index in [1.54, 1.807) is 32.0 Å². The fourth-order valence-corrected chi connectivity index (χ4v) is 3.25. The summed E-state index contributed by atoms with van der Waals surface area (Å²) >= 11 is 0. The van der Waals surface area contributed by atoms with Gasteiger partial charge in [0.05, 0.1) is 17.7 Å². The molecule has 2 rings (SSSR count). The molecular formula is C15H16FNO3S. The zero-order valence-corrected chi connectivity index (χ0v) is 12.8. The maximum absolute atomic E-state index is 13.8. The van der Waals surface area contributed by atoms with Crippen LogP contribution in [0.3, 0.4) is 0 Å². The van der Waals surface area contributed by atoms with Crippen molar-refractivity contribution in [1.82, 2.24) is 0 Å². The van der Waals surface area contributed by atoms with Crippen LogP contribution < -0.4 is 9.46 Å². The molecule has 1 N–H and O–H groups in total. The third kappa shape index (κ3) is 3.33. The molecule has 0 aromatic heterocycles. The number of benzene rings is 2. The highest BCUT2D eigenvalue weighted by molar-refractivity contribution is 7.92. The van der Waals surface area contributed by atoms with Gasteiger partial charge in [0.15, 0.2) is 0 Å². The Bertz CT molecular complexity index is 772. The van der Waals surface area contributed by atoms with E-state index < -0.39 is 15.8 Å². The Kier molecular flexibility index (Phi) is 4.18. The van der Waals surface area contributed by atoms with Crippen molar-refractivity contribution < 1.29 is 17.5 Å². The lowest BCUT2D eigenvalue weighted by Gasteiger charge is -2.12. The zero-order chi connectivity index (χ0) is 15.6. The number of halogens is 1. The van der Waals surface area contributed by atoms with E-state index in [0.29, 0.717) is 11.3 Å². The summed E-state index contributed by atoms with van der Waals surface area (Å²) in [7, 11) is -2.35. The summed E-state index contributed by atoms with van der Waals surface area (Å²) in [6.07, 6.45) is 0. The van der Waals surface area contributed by atoms with E-state index in [1.807, 2.05) is 0 Å². The van der Waals surface area contributed by atoms with Gasteiger partial charge in [0, 0.05) is 0 Å². The van der Waals surface area contributed by atoms with Crippen molar-refractivity contribution in [1.29, 1.82) is 0 Å². The van der Waals surface area contributed by atoms with Crippen LogP contribution in [0.15, 0.2) is 41.3 Å². The van der Waals surface area contributed by atoms with Crippen LogP contribution in [0.5, 0.6) is 5.75 Å². The van der Waals surface area contributed by atoms with Crippen molar-refractivity contribution in [3.05, 3.63) is 53.3 Å². The van der Waals surface area contributed by atoms with Gasteiger partial charge in [-0.3, -0.25) is 4.72 Å². The molecule has 0 radical (unpaired) electrons. The monoisotopic (exact) mass is 309 g/mol. The van der Waals surface area contributed by atoms with E-state index in [2.05, 4.69) is 4.72 Å². The number of hydrogen-bond acceptors (Lipinski definition) is 3. The second kappa shape index (κ2) is 5.73. The molecule has 112 valence electrons. The highest BCUT2D eigenvalue weighted by Crippen LogP contribution is 2.24. The Labute approximate surface area is 123 Å². The maximum atomic E-state index is 13.8. The first-order valence-electron chi connectivity index (χ1n) is 6.27. The topological polar surface area (TPSA) is 55.4 Å². The van der Waals surface area contributed by atoms with Crippen molar-refractivity contribution in [3.8, 4) is 5.75 Å². The maximum Gasteiger partial charge on any atom is 0.262 e. The second-order valence-electron chi connectivity index (χ2n) is 4.72. The van der Waals surface area contributed by atoms with Crippen LogP contribution >= 0.6 is 0 Å². The average molecular weight is 309 g/mol. The van der Waals surface area contributed by atoms with E-state index in [1.165, 1.54) is 25.3 Å². The van der Waals surface area contributed by atoms with Gasteiger partial charge in [-0.25, -0.2) is 12.8 Å². The van der Waals surface area contributed by atoms with Crippen LogP contribution in [0, 0.1) is 19.7 Å². The van der Waals surface area contributed by atoms with Crippen molar-refractivity contribution in [3.63, 3.8) is 0 Å². The molecule has 0 saturated carbocycles. The van der Waals surface area contributed by atoms with Crippen LogP contribution in [0.4, 0.5) is 10.1 Å². The average Bonchev–Trinajstić information content (AvgIpc) is 2.41. The first-order chi connectivity index (χ1) is 9.83. The summed E-state index contributed by atoms with van der Waals surface area (Å²) in [5.41, 5.74) is 1.17. The molecule has 0 aliphatic rings. The van der Waals surface area contributed by atoms with Gasteiger partial charge in [-0.1, -0.05) is 6.07 Å². The normalized spacial score (nSPS) is 11.2. The molecule has 0 atom stereocenters. The smallest absolute Gasteiger partial charge is 0.262 e. The van der Waals surface area contributed by atoms with Crippen LogP contribution in [-0.4, -0.2) is 15.5 Å². The minimum atomic E-state index is -3.85. The number of hydrogen-bond donors (Lipinski definition) is 1. The minimum absolute atomic E-state index is 0.0733. The Hall–Kier alpha value is -2.08. The minimum Gasteiger partial charge on any atom is -0.497 e. The summed E-state index contributed by atoms with van der Waals surface area (Å²) in [5.74, 6) is -0.0438. The van der Waals surface area contributed by atoms with Crippen molar-refractivity contribution in [2.24, 2.45) is 0 Å². The second-order valence-corrected chi connectivity index (χ2v) is 6.37. The number of sulfonamides is 1. The summed E-state index contributed by atoms with van der Waals surface area (Å²) in [5, 5.41) is 0. The molecule has 0 aliphatic heterocycles. The van der Waals surface area contributed by atoms with E-state index >= 15 is 0 Å². The molecule has 0 aliphatic carbocycles. The Morgan fingerprint density at radius 3 is 2.38 bits per heavy atom. The highest BCUT2D eigenvalue weighted by Gasteiger charge is 2.19. The number of aryl methyl sites for hydroxylation is 2. The van der Waals surface area contributed by atoms with E-state index in [0.717, 1.165) is 5.56 Å². The van der Waals surface area contributed by atoms with Gasteiger partial charge in [-0.2, -0.15) is 0 Å². The number of rotatable bonds is 4. The molecule has 0 fully saturated rings. The number of anilines is 1. The molecule has 0 heterocycles. The fraction of sp³-hybridized carbons (Fsp3) is 0.200. The van der Waals surface area contributed by atoms with Gasteiger partial charge in [0.2, 0.25) is 0 Å². The summed E-state index contributed by atoms with van der Waals surface area (Å²) in [4.78, 5) is 0.0864. The molecule has 2 aromatic rings. The van der Waals surface area contributed by atoms with Gasteiger partial charge < -0.3 is 4.74 Å². The lowest BCUT2D eigenvalue weighted by molar-refractivity contribution is 0.414. The van der Waals surface area contributed by atoms with Crippen LogP contribution in [0.25, 0.3) is 0 Å². The molecule has 4 nitrogen and oxygen atoms in total. The van der Waals surface area contributed by atoms with Gasteiger partial charge in [-0.05, 0) is 55.3 Å². The first-order valence-corrected chi connectivity index (χ1v) is 7.75. The molecule has 0 amide bonds. The molecule has 0 bridgehead atoms. The first kappa shape index (κ1) is 15.3. The van der Waals surface area contributed by atoms with Gasteiger partial charge >= 0.3 is 0 Å². The Morgan fingerprint density at radius 1 is 1.10 bits per heavy atom. The molecule has 0 unspecified atom stereocenters. The third-order valence-electron chi connectivity index (χ3n) is 3.04. The molecule has 6 heteroatoms. The van der Waals surface area contributed by atoms with E-state index in [4.69, 9.17) is 4.74 Å². The lowest BCUT2D eigenvalue weighted by Crippen LogP contribution is -2.15. The van der Waals surface area contributed by atoms with Crippen molar-refractivity contribution in [2.45, 2.75) is 18.7 Å². The predicted molar refractivity (Wildman–Crippen MR) is 79.7 cm³/mol. The SMILES string of the molecule is COc1ccc(S(=O)(=O)Nc2ccc(C)cc2F)c(C)c1. The van der Waals surface area contributed by atoms with Crippen molar-refractivity contribution >= 4 is 15.7 Å². The molecule has 21 heavy (non-hydrogen) atoms. The highest BCUT2D eigenvalue weighted by atomic mass is 32.2. The lowest BCUT2D eigenvalue weighted by atomic mass is 10.2. The molecule has 0 saturated heterocycles. The predicted octanol–water partition coefficient (Wildman–Crippen LogP) is 3.25. The summed E-state index contributed by atoms with van der Waals surface area (Å²) in [6.45, 7) is 3.39. The Morgan fingerprint density at radius 2 is 1.81 bits per heavy atom. The molecular weight excluding hydrogens is 293 g/mol. The fourth-order valence-electron chi connectivity index (χ4n) is 1.95. The quantitative estimate of drug-likeness (QED) is 0.943. The summed E-state index contributed by atoms with van der Waals surface area (Å²) < 4.78 is 45.8. The molecule has 0 spiro atoms. The standard InChI is InChI=1S/C15H16FNO3S/c1-10-4-6-14(13(16)8-10)17-21(18,19)15-7-5-12(20-3)9-11(15)2/h4-9,17H,1-3H3. The largest absolute Gasteiger partial charge is 0.497 e. The Balaban J connectivity index is 2.38. The van der Waals surface area contributed by atoms with E-state index in [-0.39, 0.29) is 10.6 Å². The third-order valence-corrected chi connectivity index (χ3v) is 4.57. The van der Waals surface area contributed by atoms with Crippen LogP contribution in [0.1, 0.15) is 11.1 Å². The summed E-state index contributed by atoms with van der Waals surface area (Å²) in [6, 6.07) is 8.91. The number of nitrogens with one attached hydrogen (secondary N) is 1. The number of methoxy groups -OCH3 is 1. The van der Waals surface area contributed by atoms with Crippen LogP contribution in [-0.2, 0) is 10.0 Å².